The molecule has 1 amide bonds. The molecule has 0 radical (unpaired) electrons. The minimum atomic E-state index is -4.65. The van der Waals surface area contributed by atoms with E-state index in [1.54, 1.807) is 0 Å². The molecular formula is C14H18N2O11S. The van der Waals surface area contributed by atoms with Crippen LogP contribution in [0.5, 0.6) is 5.75 Å². The van der Waals surface area contributed by atoms with E-state index in [9.17, 15) is 38.6 Å². The van der Waals surface area contributed by atoms with Gasteiger partial charge in [0.05, 0.1) is 11.5 Å². The van der Waals surface area contributed by atoms with Crippen molar-refractivity contribution >= 4 is 22.0 Å². The van der Waals surface area contributed by atoms with Crippen LogP contribution in [0.15, 0.2) is 24.3 Å². The lowest BCUT2D eigenvalue weighted by Gasteiger charge is -2.40. The summed E-state index contributed by atoms with van der Waals surface area (Å²) in [6.07, 6.45) is -6.52. The Kier molecular flexibility index (Phi) is 6.87. The van der Waals surface area contributed by atoms with E-state index >= 15 is 0 Å². The normalized spacial score (nSPS) is 27.8. The minimum Gasteiger partial charge on any atom is -0.388 e. The quantitative estimate of drug-likeness (QED) is 0.285. The van der Waals surface area contributed by atoms with Gasteiger partial charge in [0.1, 0.15) is 30.1 Å². The van der Waals surface area contributed by atoms with Gasteiger partial charge < -0.3 is 29.6 Å². The van der Waals surface area contributed by atoms with Gasteiger partial charge >= 0.3 is 10.4 Å². The zero-order chi connectivity index (χ0) is 21.1. The van der Waals surface area contributed by atoms with E-state index in [0.29, 0.717) is 0 Å². The predicted molar refractivity (Wildman–Crippen MR) is 89.1 cm³/mol. The standard InChI is InChI=1S/C14H18N2O11S/c1-7(17)15-11-13(19)12(18)10(26-14(11)20)6-25-28(23,24)27-9-4-2-8(3-5-9)16(21)22/h2-5,10-14,18-20H,6H2,1H3,(H,15,17)/t10-,11-,12-,13-,14-/m1/s1. The summed E-state index contributed by atoms with van der Waals surface area (Å²) >= 11 is 0. The summed E-state index contributed by atoms with van der Waals surface area (Å²) in [5, 5.41) is 42.5. The van der Waals surface area contributed by atoms with E-state index in [2.05, 4.69) is 13.7 Å². The van der Waals surface area contributed by atoms with Gasteiger partial charge in [0.2, 0.25) is 5.91 Å². The van der Waals surface area contributed by atoms with Crippen LogP contribution in [0.25, 0.3) is 0 Å². The first-order valence-electron chi connectivity index (χ1n) is 7.80. The Bertz CT molecular complexity index is 813. The summed E-state index contributed by atoms with van der Waals surface area (Å²) < 4.78 is 37.8. The van der Waals surface area contributed by atoms with Crippen LogP contribution in [-0.4, -0.2) is 71.8 Å². The van der Waals surface area contributed by atoms with Crippen LogP contribution in [0.1, 0.15) is 6.92 Å². The van der Waals surface area contributed by atoms with Crippen molar-refractivity contribution in [3.8, 4) is 5.75 Å². The van der Waals surface area contributed by atoms with Gasteiger partial charge in [-0.2, -0.15) is 8.42 Å². The smallest absolute Gasteiger partial charge is 0.388 e. The second kappa shape index (κ2) is 8.76. The molecule has 0 aliphatic carbocycles. The van der Waals surface area contributed by atoms with Crippen molar-refractivity contribution < 1.29 is 46.6 Å². The number of carbonyl (C=O) groups excluding carboxylic acids is 1. The fourth-order valence-electron chi connectivity index (χ4n) is 2.39. The first-order chi connectivity index (χ1) is 13.0. The SMILES string of the molecule is CC(=O)N[C@@H]1[C@@H](O)[C@H](O)[C@@H](COS(=O)(=O)Oc2ccc([N+](=O)[O-])cc2)O[C@H]1O. The number of carbonyl (C=O) groups is 1. The minimum absolute atomic E-state index is 0.262. The Morgan fingerprint density at radius 3 is 2.39 bits per heavy atom. The third-order valence-corrected chi connectivity index (χ3v) is 4.53. The molecule has 0 unspecified atom stereocenters. The molecule has 2 rings (SSSR count). The molecule has 0 saturated carbocycles. The van der Waals surface area contributed by atoms with Crippen molar-refractivity contribution in [1.82, 2.24) is 5.32 Å². The van der Waals surface area contributed by atoms with Crippen molar-refractivity contribution in [2.45, 2.75) is 37.6 Å². The molecule has 1 fully saturated rings. The lowest BCUT2D eigenvalue weighted by atomic mass is 9.97. The molecule has 1 saturated heterocycles. The van der Waals surface area contributed by atoms with Crippen LogP contribution in [0.4, 0.5) is 5.69 Å². The van der Waals surface area contributed by atoms with Gasteiger partial charge in [0, 0.05) is 19.1 Å². The number of non-ortho nitro benzene ring substituents is 1. The number of aliphatic hydroxyl groups is 3. The molecule has 5 atom stereocenters. The zero-order valence-electron chi connectivity index (χ0n) is 14.4. The molecule has 0 bridgehead atoms. The highest BCUT2D eigenvalue weighted by atomic mass is 32.3. The third-order valence-electron chi connectivity index (χ3n) is 3.71. The van der Waals surface area contributed by atoms with Crippen LogP contribution in [0.2, 0.25) is 0 Å². The van der Waals surface area contributed by atoms with Crippen molar-refractivity contribution in [3.63, 3.8) is 0 Å². The number of nitro benzene ring substituents is 1. The van der Waals surface area contributed by atoms with E-state index in [-0.39, 0.29) is 11.4 Å². The van der Waals surface area contributed by atoms with Gasteiger partial charge in [0.25, 0.3) is 5.69 Å². The molecule has 4 N–H and O–H groups in total. The molecule has 0 aromatic heterocycles. The molecular weight excluding hydrogens is 404 g/mol. The van der Waals surface area contributed by atoms with Crippen LogP contribution < -0.4 is 9.50 Å². The average Bonchev–Trinajstić information content (AvgIpc) is 2.60. The molecule has 0 spiro atoms. The largest absolute Gasteiger partial charge is 0.449 e. The van der Waals surface area contributed by atoms with Crippen molar-refractivity contribution in [2.75, 3.05) is 6.61 Å². The Labute approximate surface area is 158 Å². The highest BCUT2D eigenvalue weighted by Crippen LogP contribution is 2.22. The van der Waals surface area contributed by atoms with Gasteiger partial charge in [-0.05, 0) is 12.1 Å². The number of benzene rings is 1. The van der Waals surface area contributed by atoms with Crippen molar-refractivity contribution in [3.05, 3.63) is 34.4 Å². The fourth-order valence-corrected chi connectivity index (χ4v) is 3.09. The van der Waals surface area contributed by atoms with Crippen molar-refractivity contribution in [1.29, 1.82) is 0 Å². The van der Waals surface area contributed by atoms with E-state index in [0.717, 1.165) is 31.2 Å². The predicted octanol–water partition coefficient (Wildman–Crippen LogP) is -1.82. The van der Waals surface area contributed by atoms with Gasteiger partial charge in [0.15, 0.2) is 6.29 Å². The summed E-state index contributed by atoms with van der Waals surface area (Å²) in [5.74, 6) is -0.853. The number of rotatable bonds is 7. The topological polar surface area (TPSA) is 195 Å². The monoisotopic (exact) mass is 422 g/mol. The first-order valence-corrected chi connectivity index (χ1v) is 9.13. The average molecular weight is 422 g/mol. The maximum absolute atomic E-state index is 11.8. The number of hydrogen-bond donors (Lipinski definition) is 4. The van der Waals surface area contributed by atoms with Crippen LogP contribution in [0, 0.1) is 10.1 Å². The van der Waals surface area contributed by atoms with Gasteiger partial charge in [-0.3, -0.25) is 14.9 Å². The Hall–Kier alpha value is -2.36. The second-order valence-corrected chi connectivity index (χ2v) is 7.02. The maximum Gasteiger partial charge on any atom is 0.449 e. The Morgan fingerprint density at radius 2 is 1.86 bits per heavy atom. The maximum atomic E-state index is 11.8. The van der Waals surface area contributed by atoms with Crippen LogP contribution in [0.3, 0.4) is 0 Å². The number of ether oxygens (including phenoxy) is 1. The van der Waals surface area contributed by atoms with E-state index < -0.39 is 58.5 Å². The summed E-state index contributed by atoms with van der Waals surface area (Å²) in [6, 6.07) is 2.80. The van der Waals surface area contributed by atoms with E-state index in [1.807, 2.05) is 0 Å². The molecule has 1 aromatic carbocycles. The van der Waals surface area contributed by atoms with Gasteiger partial charge in [-0.1, -0.05) is 0 Å². The number of amides is 1. The van der Waals surface area contributed by atoms with Crippen molar-refractivity contribution in [2.24, 2.45) is 0 Å². The van der Waals surface area contributed by atoms with Crippen LogP contribution in [-0.2, 0) is 24.1 Å². The number of aliphatic hydroxyl groups excluding tert-OH is 3. The number of hydrogen-bond acceptors (Lipinski definition) is 11. The second-order valence-electron chi connectivity index (χ2n) is 5.80. The number of nitro groups is 1. The highest BCUT2D eigenvalue weighted by Gasteiger charge is 2.44. The van der Waals surface area contributed by atoms with Crippen LogP contribution >= 0.6 is 0 Å². The molecule has 28 heavy (non-hydrogen) atoms. The summed E-state index contributed by atoms with van der Waals surface area (Å²) in [7, 11) is -4.65. The van der Waals surface area contributed by atoms with E-state index in [1.165, 1.54) is 0 Å². The van der Waals surface area contributed by atoms with E-state index in [4.69, 9.17) is 4.74 Å². The summed E-state index contributed by atoms with van der Waals surface area (Å²) in [6.45, 7) is 0.306. The summed E-state index contributed by atoms with van der Waals surface area (Å²) in [4.78, 5) is 20.9. The Balaban J connectivity index is 1.96. The third kappa shape index (κ3) is 5.57. The zero-order valence-corrected chi connectivity index (χ0v) is 15.2. The lowest BCUT2D eigenvalue weighted by molar-refractivity contribution is -0.384. The number of nitrogens with zero attached hydrogens (tertiary/aromatic N) is 1. The fraction of sp³-hybridized carbons (Fsp3) is 0.500. The first kappa shape index (κ1) is 21.9. The summed E-state index contributed by atoms with van der Waals surface area (Å²) in [5.41, 5.74) is -0.277. The molecule has 1 aliphatic rings. The highest BCUT2D eigenvalue weighted by molar-refractivity contribution is 7.82. The Morgan fingerprint density at radius 1 is 1.25 bits per heavy atom. The molecule has 14 heteroatoms. The molecule has 13 nitrogen and oxygen atoms in total. The molecule has 1 aliphatic heterocycles. The van der Waals surface area contributed by atoms with Gasteiger partial charge in [-0.15, -0.1) is 0 Å². The molecule has 1 aromatic rings. The number of nitrogens with one attached hydrogen (secondary N) is 1. The van der Waals surface area contributed by atoms with Gasteiger partial charge in [-0.25, -0.2) is 4.18 Å². The molecule has 156 valence electrons. The molecule has 1 heterocycles. The lowest BCUT2D eigenvalue weighted by Crippen LogP contribution is -2.64.